The van der Waals surface area contributed by atoms with Gasteiger partial charge in [0.25, 0.3) is 0 Å². The normalized spacial score (nSPS) is 8.30. The molecular weight excluding hydrogens is 292 g/mol. The molecular formula is C9H15W-. The van der Waals surface area contributed by atoms with Gasteiger partial charge in [-0.25, -0.2) is 0 Å². The van der Waals surface area contributed by atoms with Crippen molar-refractivity contribution in [2.45, 2.75) is 20.8 Å². The number of rotatable bonds is 2. The standard InChI is InChI=1S/C7H9.C2H6.W/c1-3-5-7-6-4-2;1-2;/h3-4,6-7H,1H2,2H3;1-2H3;/q-1;;/b6-4-;;. The molecule has 0 nitrogen and oxygen atoms in total. The third kappa shape index (κ3) is 24.7. The minimum absolute atomic E-state index is 0. The van der Waals surface area contributed by atoms with Crippen molar-refractivity contribution < 1.29 is 21.1 Å². The van der Waals surface area contributed by atoms with E-state index in [2.05, 4.69) is 12.7 Å². The summed E-state index contributed by atoms with van der Waals surface area (Å²) < 4.78 is 0. The van der Waals surface area contributed by atoms with E-state index in [1.807, 2.05) is 39.0 Å². The van der Waals surface area contributed by atoms with E-state index in [-0.39, 0.29) is 21.1 Å². The van der Waals surface area contributed by atoms with Crippen LogP contribution in [-0.2, 0) is 21.1 Å². The van der Waals surface area contributed by atoms with Crippen LogP contribution in [0, 0.1) is 6.08 Å². The van der Waals surface area contributed by atoms with Gasteiger partial charge in [-0.15, -0.1) is 6.08 Å². The van der Waals surface area contributed by atoms with Gasteiger partial charge in [-0.05, 0) is 0 Å². The summed E-state index contributed by atoms with van der Waals surface area (Å²) in [6, 6.07) is 0. The maximum Gasteiger partial charge on any atom is 0 e. The predicted octanol–water partition coefficient (Wildman–Crippen LogP) is 3.13. The molecule has 0 aromatic heterocycles. The summed E-state index contributed by atoms with van der Waals surface area (Å²) in [7, 11) is 0. The fraction of sp³-hybridized carbons (Fsp3) is 0.333. The first-order chi connectivity index (χ1) is 4.41. The molecule has 10 heavy (non-hydrogen) atoms. The van der Waals surface area contributed by atoms with Crippen molar-refractivity contribution in [1.82, 2.24) is 0 Å². The fourth-order valence-corrected chi connectivity index (χ4v) is 0.220. The molecule has 0 radical (unpaired) electrons. The summed E-state index contributed by atoms with van der Waals surface area (Å²) in [6.07, 6.45) is 10.1. The van der Waals surface area contributed by atoms with Gasteiger partial charge in [-0.3, -0.25) is 0 Å². The molecule has 1 heteroatoms. The van der Waals surface area contributed by atoms with E-state index in [1.165, 1.54) is 0 Å². The summed E-state index contributed by atoms with van der Waals surface area (Å²) >= 11 is 0. The summed E-state index contributed by atoms with van der Waals surface area (Å²) in [4.78, 5) is 0. The van der Waals surface area contributed by atoms with Gasteiger partial charge in [-0.2, -0.15) is 30.9 Å². The molecule has 0 atom stereocenters. The molecule has 0 fully saturated rings. The van der Waals surface area contributed by atoms with Crippen molar-refractivity contribution in [3.05, 3.63) is 37.0 Å². The first-order valence-corrected chi connectivity index (χ1v) is 3.23. The van der Waals surface area contributed by atoms with E-state index in [4.69, 9.17) is 0 Å². The van der Waals surface area contributed by atoms with Crippen molar-refractivity contribution in [3.8, 4) is 0 Å². The molecule has 0 aliphatic rings. The van der Waals surface area contributed by atoms with Gasteiger partial charge >= 0.3 is 0 Å². The molecule has 0 saturated heterocycles. The van der Waals surface area contributed by atoms with E-state index < -0.39 is 0 Å². The first-order valence-electron chi connectivity index (χ1n) is 3.23. The molecule has 0 bridgehead atoms. The maximum absolute atomic E-state index is 3.46. The zero-order chi connectivity index (χ0) is 7.54. The molecule has 0 unspecified atom stereocenters. The molecule has 0 aliphatic heterocycles. The van der Waals surface area contributed by atoms with Gasteiger partial charge in [0.2, 0.25) is 0 Å². The van der Waals surface area contributed by atoms with Gasteiger partial charge in [0.05, 0.1) is 0 Å². The van der Waals surface area contributed by atoms with Crippen LogP contribution in [0.5, 0.6) is 0 Å². The molecule has 58 valence electrons. The minimum atomic E-state index is 0. The monoisotopic (exact) mass is 307 g/mol. The van der Waals surface area contributed by atoms with Crippen LogP contribution in [-0.4, -0.2) is 0 Å². The molecule has 0 heterocycles. The second kappa shape index (κ2) is 23.1. The van der Waals surface area contributed by atoms with Crippen LogP contribution in [0.1, 0.15) is 20.8 Å². The van der Waals surface area contributed by atoms with Crippen molar-refractivity contribution in [3.63, 3.8) is 0 Å². The van der Waals surface area contributed by atoms with E-state index >= 15 is 0 Å². The maximum atomic E-state index is 3.46. The Bertz CT molecular complexity index is 90.9. The predicted molar refractivity (Wildman–Crippen MR) is 44.2 cm³/mol. The van der Waals surface area contributed by atoms with Crippen LogP contribution in [0.3, 0.4) is 0 Å². The number of hydrogen-bond acceptors (Lipinski definition) is 0. The molecule has 0 aromatic rings. The smallest absolute Gasteiger partial charge is 0 e. The fourth-order valence-electron chi connectivity index (χ4n) is 0.220. The largest absolute Gasteiger partial charge is 0.194 e. The van der Waals surface area contributed by atoms with Crippen LogP contribution >= 0.6 is 0 Å². The summed E-state index contributed by atoms with van der Waals surface area (Å²) in [5.41, 5.74) is 0. The molecule has 0 amide bonds. The third-order valence-electron chi connectivity index (χ3n) is 0.503. The van der Waals surface area contributed by atoms with Crippen LogP contribution in [0.2, 0.25) is 0 Å². The zero-order valence-electron chi connectivity index (χ0n) is 6.92. The van der Waals surface area contributed by atoms with Crippen LogP contribution in [0.25, 0.3) is 0 Å². The van der Waals surface area contributed by atoms with E-state index in [1.54, 1.807) is 6.08 Å². The van der Waals surface area contributed by atoms with Crippen molar-refractivity contribution in [1.29, 1.82) is 0 Å². The Morgan fingerprint density at radius 2 is 1.80 bits per heavy atom. The van der Waals surface area contributed by atoms with Crippen molar-refractivity contribution in [2.75, 3.05) is 0 Å². The van der Waals surface area contributed by atoms with Gasteiger partial charge < -0.3 is 0 Å². The third-order valence-corrected chi connectivity index (χ3v) is 0.503. The van der Waals surface area contributed by atoms with Crippen molar-refractivity contribution in [2.24, 2.45) is 0 Å². The molecule has 0 spiro atoms. The molecule has 0 rings (SSSR count). The summed E-state index contributed by atoms with van der Waals surface area (Å²) in [6.45, 7) is 9.42. The summed E-state index contributed by atoms with van der Waals surface area (Å²) in [5, 5.41) is 0. The molecule has 0 saturated carbocycles. The van der Waals surface area contributed by atoms with E-state index in [0.717, 1.165) is 0 Å². The van der Waals surface area contributed by atoms with Crippen LogP contribution < -0.4 is 0 Å². The van der Waals surface area contributed by atoms with Crippen molar-refractivity contribution >= 4 is 0 Å². The van der Waals surface area contributed by atoms with Gasteiger partial charge in [0.15, 0.2) is 0 Å². The van der Waals surface area contributed by atoms with Crippen LogP contribution in [0.4, 0.5) is 0 Å². The Morgan fingerprint density at radius 3 is 2.10 bits per heavy atom. The quantitative estimate of drug-likeness (QED) is 0.543. The van der Waals surface area contributed by atoms with Gasteiger partial charge in [0, 0.05) is 21.1 Å². The number of allylic oxidation sites excluding steroid dienone is 5. The topological polar surface area (TPSA) is 0 Å². The molecule has 0 N–H and O–H groups in total. The van der Waals surface area contributed by atoms with Gasteiger partial charge in [0.1, 0.15) is 0 Å². The SMILES string of the molecule is C=C[C-]=C/C=C\C.CC.[W]. The van der Waals surface area contributed by atoms with E-state index in [9.17, 15) is 0 Å². The average molecular weight is 307 g/mol. The zero-order valence-corrected chi connectivity index (χ0v) is 9.86. The Labute approximate surface area is 79.0 Å². The number of hydrogen-bond donors (Lipinski definition) is 0. The average Bonchev–Trinajstić information content (AvgIpc) is 1.94. The molecule has 0 aromatic carbocycles. The van der Waals surface area contributed by atoms with Gasteiger partial charge in [-0.1, -0.05) is 20.8 Å². The first kappa shape index (κ1) is 16.5. The van der Waals surface area contributed by atoms with Crippen LogP contribution in [0.15, 0.2) is 30.9 Å². The second-order valence-electron chi connectivity index (χ2n) is 1.06. The Kier molecular flexibility index (Phi) is 38.1. The Hall–Kier alpha value is -0.0917. The second-order valence-corrected chi connectivity index (χ2v) is 1.06. The Balaban J connectivity index is -0.000000149. The Morgan fingerprint density at radius 1 is 1.30 bits per heavy atom. The summed E-state index contributed by atoms with van der Waals surface area (Å²) in [5.74, 6) is 0. The minimum Gasteiger partial charge on any atom is -0.194 e. The van der Waals surface area contributed by atoms with E-state index in [0.29, 0.717) is 0 Å². The molecule has 0 aliphatic carbocycles.